The van der Waals surface area contributed by atoms with E-state index in [1.54, 1.807) is 0 Å². The molecule has 1 aliphatic carbocycles. The first-order chi connectivity index (χ1) is 11.4. The van der Waals surface area contributed by atoms with Crippen LogP contribution in [0.5, 0.6) is 0 Å². The largest absolute Gasteiger partial charge is 0.496 e. The molecule has 0 atom stereocenters. The van der Waals surface area contributed by atoms with E-state index < -0.39 is 0 Å². The van der Waals surface area contributed by atoms with Crippen molar-refractivity contribution in [2.24, 2.45) is 17.3 Å². The van der Waals surface area contributed by atoms with Crippen molar-refractivity contribution in [3.8, 4) is 0 Å². The van der Waals surface area contributed by atoms with Gasteiger partial charge in [0.2, 0.25) is 0 Å². The zero-order valence-corrected chi connectivity index (χ0v) is 16.2. The molecule has 2 heterocycles. The third-order valence-corrected chi connectivity index (χ3v) is 6.45. The van der Waals surface area contributed by atoms with E-state index in [1.165, 1.54) is 77.8 Å². The highest BCUT2D eigenvalue weighted by Crippen LogP contribution is 2.50. The van der Waals surface area contributed by atoms with Crippen molar-refractivity contribution in [2.45, 2.75) is 65.4 Å². The van der Waals surface area contributed by atoms with Gasteiger partial charge in [-0.05, 0) is 88.9 Å². The van der Waals surface area contributed by atoms with E-state index in [0.29, 0.717) is 11.5 Å². The van der Waals surface area contributed by atoms with Crippen molar-refractivity contribution in [2.75, 3.05) is 39.3 Å². The minimum absolute atomic E-state index is 0.458. The van der Waals surface area contributed by atoms with Crippen LogP contribution >= 0.6 is 0 Å². The molecule has 0 aromatic heterocycles. The lowest BCUT2D eigenvalue weighted by atomic mass is 9.61. The number of nitrogens with zero attached hydrogens (tertiary/aromatic N) is 2. The van der Waals surface area contributed by atoms with Gasteiger partial charge in [0, 0.05) is 13.1 Å². The van der Waals surface area contributed by atoms with Crippen molar-refractivity contribution in [3.05, 3.63) is 12.3 Å². The fraction of sp³-hybridized carbons (Fsp3) is 0.905. The Labute approximate surface area is 149 Å². The summed E-state index contributed by atoms with van der Waals surface area (Å²) >= 11 is 0. The molecule has 24 heavy (non-hydrogen) atoms. The molecule has 0 radical (unpaired) electrons. The quantitative estimate of drug-likeness (QED) is 0.679. The maximum absolute atomic E-state index is 5.79. The second-order valence-electron chi connectivity index (χ2n) is 9.29. The molecular formula is C21H38N2O. The lowest BCUT2D eigenvalue weighted by molar-refractivity contribution is -0.0832. The average molecular weight is 335 g/mol. The summed E-state index contributed by atoms with van der Waals surface area (Å²) in [6.45, 7) is 18.4. The van der Waals surface area contributed by atoms with Crippen LogP contribution in [0.25, 0.3) is 0 Å². The fourth-order valence-corrected chi connectivity index (χ4v) is 5.13. The summed E-state index contributed by atoms with van der Waals surface area (Å²) in [5.41, 5.74) is 0.608. The van der Waals surface area contributed by atoms with Gasteiger partial charge in [-0.3, -0.25) is 0 Å². The van der Waals surface area contributed by atoms with E-state index >= 15 is 0 Å². The van der Waals surface area contributed by atoms with Crippen LogP contribution in [0.15, 0.2) is 12.3 Å². The Morgan fingerprint density at radius 1 is 1.08 bits per heavy atom. The molecular weight excluding hydrogens is 296 g/mol. The third kappa shape index (κ3) is 4.76. The van der Waals surface area contributed by atoms with Crippen molar-refractivity contribution >= 4 is 0 Å². The molecule has 3 nitrogen and oxygen atoms in total. The summed E-state index contributed by atoms with van der Waals surface area (Å²) in [6.07, 6.45) is 8.57. The van der Waals surface area contributed by atoms with E-state index in [9.17, 15) is 0 Å². The Balaban J connectivity index is 1.33. The molecule has 138 valence electrons. The Morgan fingerprint density at radius 3 is 2.25 bits per heavy atom. The molecule has 3 heteroatoms. The van der Waals surface area contributed by atoms with Gasteiger partial charge < -0.3 is 14.5 Å². The predicted molar refractivity (Wildman–Crippen MR) is 101 cm³/mol. The molecule has 0 unspecified atom stereocenters. The van der Waals surface area contributed by atoms with Gasteiger partial charge in [0.25, 0.3) is 0 Å². The van der Waals surface area contributed by atoms with Crippen LogP contribution in [0.1, 0.15) is 59.3 Å². The van der Waals surface area contributed by atoms with Crippen LogP contribution in [-0.4, -0.2) is 55.2 Å². The molecule has 0 N–H and O–H groups in total. The van der Waals surface area contributed by atoms with Crippen LogP contribution < -0.4 is 0 Å². The first-order valence-electron chi connectivity index (χ1n) is 10.2. The second kappa shape index (κ2) is 7.78. The molecule has 0 aromatic rings. The molecule has 1 spiro atoms. The summed E-state index contributed by atoms with van der Waals surface area (Å²) in [4.78, 5) is 5.42. The van der Waals surface area contributed by atoms with E-state index in [1.807, 2.05) is 6.92 Å². The van der Waals surface area contributed by atoms with Gasteiger partial charge in [-0.1, -0.05) is 20.4 Å². The van der Waals surface area contributed by atoms with Crippen LogP contribution in [0.2, 0.25) is 0 Å². The molecule has 2 saturated heterocycles. The number of piperidine rings is 2. The Hall–Kier alpha value is -0.540. The number of hydrogen-bond acceptors (Lipinski definition) is 3. The van der Waals surface area contributed by atoms with Gasteiger partial charge in [-0.2, -0.15) is 0 Å². The standard InChI is InChI=1S/C21H38N2O/c1-17(2)15-22-9-5-19(6-10-22)16-23-11-7-21(8-12-23)13-20(14-21)24-18(3)4/h17,19-20H,3,5-16H2,1-2,4H3. The number of ether oxygens (including phenoxy) is 1. The predicted octanol–water partition coefficient (Wildman–Crippen LogP) is 4.15. The summed E-state index contributed by atoms with van der Waals surface area (Å²) < 4.78 is 5.79. The Morgan fingerprint density at radius 2 is 1.71 bits per heavy atom. The first kappa shape index (κ1) is 18.3. The normalized spacial score (nSPS) is 26.7. The number of hydrogen-bond donors (Lipinski definition) is 0. The summed E-state index contributed by atoms with van der Waals surface area (Å²) in [6, 6.07) is 0. The van der Waals surface area contributed by atoms with Gasteiger partial charge in [0.05, 0.1) is 11.9 Å². The maximum Gasteiger partial charge on any atom is 0.0992 e. The highest BCUT2D eigenvalue weighted by Gasteiger charge is 2.47. The molecule has 0 aromatic carbocycles. The zero-order chi connectivity index (χ0) is 17.2. The topological polar surface area (TPSA) is 15.7 Å². The third-order valence-electron chi connectivity index (χ3n) is 6.45. The molecule has 0 bridgehead atoms. The van der Waals surface area contributed by atoms with Crippen LogP contribution in [-0.2, 0) is 4.74 Å². The van der Waals surface area contributed by atoms with Crippen molar-refractivity contribution in [1.29, 1.82) is 0 Å². The highest BCUT2D eigenvalue weighted by molar-refractivity contribution is 4.99. The van der Waals surface area contributed by atoms with Crippen LogP contribution in [0.3, 0.4) is 0 Å². The van der Waals surface area contributed by atoms with Crippen LogP contribution in [0, 0.1) is 17.3 Å². The summed E-state index contributed by atoms with van der Waals surface area (Å²) in [7, 11) is 0. The Kier molecular flexibility index (Phi) is 5.92. The van der Waals surface area contributed by atoms with Crippen molar-refractivity contribution < 1.29 is 4.74 Å². The van der Waals surface area contributed by atoms with Gasteiger partial charge in [-0.25, -0.2) is 0 Å². The van der Waals surface area contributed by atoms with Gasteiger partial charge in [0.15, 0.2) is 0 Å². The monoisotopic (exact) mass is 334 g/mol. The molecule has 2 aliphatic heterocycles. The number of likely N-dealkylation sites (tertiary alicyclic amines) is 2. The average Bonchev–Trinajstić information content (AvgIpc) is 2.49. The minimum atomic E-state index is 0.458. The maximum atomic E-state index is 5.79. The highest BCUT2D eigenvalue weighted by atomic mass is 16.5. The van der Waals surface area contributed by atoms with Crippen molar-refractivity contribution in [3.63, 3.8) is 0 Å². The van der Waals surface area contributed by atoms with Gasteiger partial charge in [0.1, 0.15) is 0 Å². The van der Waals surface area contributed by atoms with Crippen molar-refractivity contribution in [1.82, 2.24) is 9.80 Å². The molecule has 1 saturated carbocycles. The SMILES string of the molecule is C=C(C)OC1CC2(CCN(CC3CCN(CC(C)C)CC3)CC2)C1. The Bertz CT molecular complexity index is 410. The summed E-state index contributed by atoms with van der Waals surface area (Å²) in [5.74, 6) is 2.62. The zero-order valence-electron chi connectivity index (χ0n) is 16.2. The van der Waals surface area contributed by atoms with E-state index in [2.05, 4.69) is 30.2 Å². The van der Waals surface area contributed by atoms with E-state index in [-0.39, 0.29) is 0 Å². The molecule has 0 amide bonds. The molecule has 3 fully saturated rings. The number of allylic oxidation sites excluding steroid dienone is 1. The van der Waals surface area contributed by atoms with Crippen LogP contribution in [0.4, 0.5) is 0 Å². The first-order valence-corrected chi connectivity index (χ1v) is 10.2. The fourth-order valence-electron chi connectivity index (χ4n) is 5.13. The van der Waals surface area contributed by atoms with E-state index in [4.69, 9.17) is 4.74 Å². The number of rotatable bonds is 6. The smallest absolute Gasteiger partial charge is 0.0992 e. The second-order valence-corrected chi connectivity index (χ2v) is 9.29. The van der Waals surface area contributed by atoms with Gasteiger partial charge in [-0.15, -0.1) is 0 Å². The summed E-state index contributed by atoms with van der Waals surface area (Å²) in [5, 5.41) is 0. The lowest BCUT2D eigenvalue weighted by Crippen LogP contribution is -2.51. The molecule has 3 rings (SSSR count). The van der Waals surface area contributed by atoms with Gasteiger partial charge >= 0.3 is 0 Å². The molecule has 3 aliphatic rings. The lowest BCUT2D eigenvalue weighted by Gasteiger charge is -2.52. The minimum Gasteiger partial charge on any atom is -0.496 e. The van der Waals surface area contributed by atoms with E-state index in [0.717, 1.165) is 17.6 Å².